The van der Waals surface area contributed by atoms with E-state index in [0.717, 1.165) is 27.6 Å². The number of carbonyl (C=O) groups excluding carboxylic acids is 2. The van der Waals surface area contributed by atoms with Gasteiger partial charge in [-0.3, -0.25) is 9.59 Å². The van der Waals surface area contributed by atoms with Crippen molar-refractivity contribution in [3.63, 3.8) is 0 Å². The summed E-state index contributed by atoms with van der Waals surface area (Å²) in [5.41, 5.74) is 3.83. The summed E-state index contributed by atoms with van der Waals surface area (Å²) < 4.78 is 11.4. The van der Waals surface area contributed by atoms with Crippen LogP contribution in [0.25, 0.3) is 21.9 Å². The number of hydrogen-bond acceptors (Lipinski definition) is 5. The van der Waals surface area contributed by atoms with Gasteiger partial charge in [0.05, 0.1) is 25.1 Å². The van der Waals surface area contributed by atoms with Crippen molar-refractivity contribution in [2.45, 2.75) is 19.3 Å². The van der Waals surface area contributed by atoms with Gasteiger partial charge in [0.15, 0.2) is 0 Å². The van der Waals surface area contributed by atoms with E-state index < -0.39 is 0 Å². The molecule has 0 atom stereocenters. The third-order valence-electron chi connectivity index (χ3n) is 5.74. The minimum atomic E-state index is -0.274. The number of hydrogen-bond donors (Lipinski definition) is 1. The minimum Gasteiger partial charge on any atom is -0.495 e. The van der Waals surface area contributed by atoms with Gasteiger partial charge in [-0.15, -0.1) is 0 Å². The van der Waals surface area contributed by atoms with E-state index in [-0.39, 0.29) is 24.7 Å². The Balaban J connectivity index is 1.25. The van der Waals surface area contributed by atoms with Crippen molar-refractivity contribution in [2.75, 3.05) is 19.0 Å². The van der Waals surface area contributed by atoms with Crippen LogP contribution in [0.1, 0.15) is 24.8 Å². The highest BCUT2D eigenvalue weighted by Gasteiger charge is 2.22. The lowest BCUT2D eigenvalue weighted by atomic mass is 10.1. The molecule has 0 aliphatic carbocycles. The van der Waals surface area contributed by atoms with Crippen molar-refractivity contribution in [1.29, 1.82) is 0 Å². The fourth-order valence-electron chi connectivity index (χ4n) is 4.05. The lowest BCUT2D eigenvalue weighted by Crippen LogP contribution is -2.25. The summed E-state index contributed by atoms with van der Waals surface area (Å²) in [6.07, 6.45) is 0.829. The maximum Gasteiger partial charge on any atom is 0.243 e. The molecule has 1 aliphatic rings. The van der Waals surface area contributed by atoms with Gasteiger partial charge in [0.25, 0.3) is 0 Å². The first-order chi connectivity index (χ1) is 16.1. The number of nitrogens with one attached hydrogen (secondary N) is 1. The lowest BCUT2D eigenvalue weighted by molar-refractivity contribution is -0.132. The van der Waals surface area contributed by atoms with Crippen LogP contribution < -0.4 is 10.1 Å². The summed E-state index contributed by atoms with van der Waals surface area (Å²) in [6.45, 7) is 0.529. The van der Waals surface area contributed by atoms with Gasteiger partial charge in [0.2, 0.25) is 11.8 Å². The Labute approximate surface area is 190 Å². The van der Waals surface area contributed by atoms with Gasteiger partial charge in [-0.2, -0.15) is 5.10 Å². The molecule has 1 aliphatic heterocycles. The van der Waals surface area contributed by atoms with E-state index in [4.69, 9.17) is 9.15 Å². The number of ether oxygens (including phenoxy) is 1. The molecule has 33 heavy (non-hydrogen) atoms. The summed E-state index contributed by atoms with van der Waals surface area (Å²) in [5, 5.41) is 10.6. The molecule has 7 heteroatoms. The summed E-state index contributed by atoms with van der Waals surface area (Å²) >= 11 is 0. The van der Waals surface area contributed by atoms with Gasteiger partial charge >= 0.3 is 0 Å². The molecule has 0 fully saturated rings. The molecule has 4 aromatic rings. The zero-order valence-electron chi connectivity index (χ0n) is 18.2. The zero-order chi connectivity index (χ0) is 22.8. The molecule has 2 heterocycles. The van der Waals surface area contributed by atoms with E-state index >= 15 is 0 Å². The molecule has 5 rings (SSSR count). The second-order valence-electron chi connectivity index (χ2n) is 7.87. The van der Waals surface area contributed by atoms with Crippen molar-refractivity contribution in [1.82, 2.24) is 5.01 Å². The van der Waals surface area contributed by atoms with E-state index in [1.54, 1.807) is 13.2 Å². The van der Waals surface area contributed by atoms with Crippen molar-refractivity contribution in [2.24, 2.45) is 5.10 Å². The van der Waals surface area contributed by atoms with Crippen LogP contribution in [-0.2, 0) is 9.59 Å². The van der Waals surface area contributed by atoms with Crippen LogP contribution in [0.4, 0.5) is 5.69 Å². The highest BCUT2D eigenvalue weighted by molar-refractivity contribution is 6.08. The van der Waals surface area contributed by atoms with Gasteiger partial charge in [-0.1, -0.05) is 48.5 Å². The molecule has 0 radical (unpaired) electrons. The Morgan fingerprint density at radius 3 is 2.61 bits per heavy atom. The summed E-state index contributed by atoms with van der Waals surface area (Å²) in [4.78, 5) is 25.2. The van der Waals surface area contributed by atoms with E-state index in [1.165, 1.54) is 5.01 Å². The molecule has 0 saturated heterocycles. The number of furan rings is 1. The van der Waals surface area contributed by atoms with Crippen LogP contribution >= 0.6 is 0 Å². The molecule has 0 saturated carbocycles. The van der Waals surface area contributed by atoms with Crippen molar-refractivity contribution in [3.8, 4) is 5.75 Å². The zero-order valence-corrected chi connectivity index (χ0v) is 18.2. The van der Waals surface area contributed by atoms with Crippen LogP contribution in [0.2, 0.25) is 0 Å². The third kappa shape index (κ3) is 4.17. The quantitative estimate of drug-likeness (QED) is 0.459. The van der Waals surface area contributed by atoms with E-state index in [0.29, 0.717) is 30.0 Å². The van der Waals surface area contributed by atoms with E-state index in [2.05, 4.69) is 10.4 Å². The standard InChI is InChI=1S/C26H23N3O4/c1-32-24-15-19-18-9-5-6-10-22(18)33-23(19)16-21(24)27-25(30)11-12-26(31)29-14-13-20(28-29)17-7-3-2-4-8-17/h2-10,15-16H,11-14H2,1H3,(H,27,30). The molecule has 0 unspecified atom stereocenters. The predicted octanol–water partition coefficient (Wildman–Crippen LogP) is 4.95. The first kappa shape index (κ1) is 20.8. The molecule has 3 aromatic carbocycles. The summed E-state index contributed by atoms with van der Waals surface area (Å²) in [6, 6.07) is 21.1. The van der Waals surface area contributed by atoms with Crippen LogP contribution in [0, 0.1) is 0 Å². The van der Waals surface area contributed by atoms with Gasteiger partial charge in [-0.25, -0.2) is 5.01 Å². The Kier molecular flexibility index (Phi) is 5.52. The van der Waals surface area contributed by atoms with E-state index in [1.807, 2.05) is 60.7 Å². The second kappa shape index (κ2) is 8.78. The SMILES string of the molecule is COc1cc2c(cc1NC(=O)CCC(=O)N1CCC(c3ccccc3)=N1)oc1ccccc12. The highest BCUT2D eigenvalue weighted by atomic mass is 16.5. The first-order valence-corrected chi connectivity index (χ1v) is 10.8. The number of amides is 2. The molecule has 166 valence electrons. The molecule has 1 N–H and O–H groups in total. The fraction of sp³-hybridized carbons (Fsp3) is 0.192. The molecule has 0 bridgehead atoms. The van der Waals surface area contributed by atoms with Gasteiger partial charge < -0.3 is 14.5 Å². The fourth-order valence-corrected chi connectivity index (χ4v) is 4.05. The molecule has 2 amide bonds. The Bertz CT molecular complexity index is 1370. The topological polar surface area (TPSA) is 84.1 Å². The average molecular weight is 441 g/mol. The van der Waals surface area contributed by atoms with Crippen LogP contribution in [0.5, 0.6) is 5.75 Å². The van der Waals surface area contributed by atoms with Gasteiger partial charge in [0, 0.05) is 36.1 Å². The smallest absolute Gasteiger partial charge is 0.243 e. The van der Waals surface area contributed by atoms with Gasteiger partial charge in [-0.05, 0) is 17.7 Å². The van der Waals surface area contributed by atoms with Gasteiger partial charge in [0.1, 0.15) is 16.9 Å². The molecule has 0 spiro atoms. The molecular formula is C26H23N3O4. The normalized spacial score (nSPS) is 13.4. The Morgan fingerprint density at radius 2 is 1.79 bits per heavy atom. The third-order valence-corrected chi connectivity index (χ3v) is 5.74. The lowest BCUT2D eigenvalue weighted by Gasteiger charge is -2.12. The van der Waals surface area contributed by atoms with Crippen molar-refractivity contribution >= 4 is 45.2 Å². The number of para-hydroxylation sites is 1. The first-order valence-electron chi connectivity index (χ1n) is 10.8. The second-order valence-corrected chi connectivity index (χ2v) is 7.87. The summed E-state index contributed by atoms with van der Waals surface area (Å²) in [5.74, 6) is 0.0877. The number of carbonyl (C=O) groups is 2. The molecular weight excluding hydrogens is 418 g/mol. The Hall–Kier alpha value is -4.13. The predicted molar refractivity (Wildman–Crippen MR) is 127 cm³/mol. The number of fused-ring (bicyclic) bond motifs is 3. The van der Waals surface area contributed by atoms with Crippen LogP contribution in [0.15, 0.2) is 76.2 Å². The van der Waals surface area contributed by atoms with Crippen LogP contribution in [-0.4, -0.2) is 36.2 Å². The number of rotatable bonds is 6. The highest BCUT2D eigenvalue weighted by Crippen LogP contribution is 2.36. The number of hydrazone groups is 1. The number of nitrogens with zero attached hydrogens (tertiary/aromatic N) is 2. The average Bonchev–Trinajstić information content (AvgIpc) is 3.47. The van der Waals surface area contributed by atoms with Crippen molar-refractivity contribution < 1.29 is 18.7 Å². The minimum absolute atomic E-state index is 0.0485. The largest absolute Gasteiger partial charge is 0.495 e. The van der Waals surface area contributed by atoms with E-state index in [9.17, 15) is 9.59 Å². The number of benzene rings is 3. The number of anilines is 1. The molecule has 1 aromatic heterocycles. The van der Waals surface area contributed by atoms with Crippen LogP contribution in [0.3, 0.4) is 0 Å². The maximum atomic E-state index is 12.6. The monoisotopic (exact) mass is 441 g/mol. The molecule has 7 nitrogen and oxygen atoms in total. The maximum absolute atomic E-state index is 12.6. The number of methoxy groups -OCH3 is 1. The summed E-state index contributed by atoms with van der Waals surface area (Å²) in [7, 11) is 1.55. The Morgan fingerprint density at radius 1 is 1.00 bits per heavy atom. The van der Waals surface area contributed by atoms with Crippen molar-refractivity contribution in [3.05, 3.63) is 72.3 Å².